The van der Waals surface area contributed by atoms with E-state index < -0.39 is 10.2 Å². The summed E-state index contributed by atoms with van der Waals surface area (Å²) in [6.45, 7) is 0.334. The normalized spacial score (nSPS) is 16.2. The molecule has 0 unspecified atom stereocenters. The molecule has 2 aromatic heterocycles. The van der Waals surface area contributed by atoms with Crippen LogP contribution in [0.5, 0.6) is 0 Å². The predicted molar refractivity (Wildman–Crippen MR) is 83.2 cm³/mol. The third-order valence-electron chi connectivity index (χ3n) is 3.69. The minimum absolute atomic E-state index is 0.0249. The van der Waals surface area contributed by atoms with E-state index >= 15 is 0 Å². The number of pyridine rings is 1. The Hall–Kier alpha value is -1.48. The lowest BCUT2D eigenvalue weighted by Gasteiger charge is -2.29. The fourth-order valence-electron chi connectivity index (χ4n) is 2.47. The first kappa shape index (κ1) is 15.4. The largest absolute Gasteiger partial charge is 0.281 e. The Balaban J connectivity index is 2.13. The number of rotatable bonds is 2. The third-order valence-corrected chi connectivity index (χ3v) is 5.80. The van der Waals surface area contributed by atoms with Crippen LogP contribution in [0.1, 0.15) is 11.3 Å². The maximum Gasteiger partial charge on any atom is 0.281 e. The van der Waals surface area contributed by atoms with Crippen LogP contribution < -0.4 is 5.56 Å². The zero-order valence-corrected chi connectivity index (χ0v) is 13.7. The van der Waals surface area contributed by atoms with Crippen LogP contribution in [-0.2, 0) is 23.2 Å². The fourth-order valence-corrected chi connectivity index (χ4v) is 3.71. The lowest BCUT2D eigenvalue weighted by molar-refractivity contribution is 0.354. The van der Waals surface area contributed by atoms with Crippen molar-refractivity contribution in [3.63, 3.8) is 0 Å². The molecule has 9 heteroatoms. The van der Waals surface area contributed by atoms with Gasteiger partial charge in [-0.2, -0.15) is 17.0 Å². The first-order valence-corrected chi connectivity index (χ1v) is 8.45. The lowest BCUT2D eigenvalue weighted by atomic mass is 10.1. The molecule has 0 N–H and O–H groups in total. The van der Waals surface area contributed by atoms with Crippen molar-refractivity contribution in [3.8, 4) is 0 Å². The molecule has 3 rings (SSSR count). The molecule has 118 valence electrons. The van der Waals surface area contributed by atoms with Crippen LogP contribution in [0.3, 0.4) is 0 Å². The van der Waals surface area contributed by atoms with Crippen LogP contribution in [0.4, 0.5) is 0 Å². The van der Waals surface area contributed by atoms with E-state index in [9.17, 15) is 13.2 Å². The van der Waals surface area contributed by atoms with E-state index in [4.69, 9.17) is 11.6 Å². The first-order chi connectivity index (χ1) is 10.3. The summed E-state index contributed by atoms with van der Waals surface area (Å²) < 4.78 is 28.2. The Kier molecular flexibility index (Phi) is 3.72. The molecule has 0 saturated heterocycles. The summed E-state index contributed by atoms with van der Waals surface area (Å²) in [5, 5.41) is 0.421. The molecule has 1 aliphatic rings. The van der Waals surface area contributed by atoms with Gasteiger partial charge in [-0.15, -0.1) is 0 Å². The molecule has 0 bridgehead atoms. The quantitative estimate of drug-likeness (QED) is 0.797. The van der Waals surface area contributed by atoms with Crippen molar-refractivity contribution in [1.29, 1.82) is 0 Å². The van der Waals surface area contributed by atoms with Crippen LogP contribution in [-0.4, -0.2) is 47.1 Å². The van der Waals surface area contributed by atoms with Gasteiger partial charge in [0.25, 0.3) is 15.8 Å². The van der Waals surface area contributed by atoms with Crippen molar-refractivity contribution in [2.75, 3.05) is 20.6 Å². The second-order valence-electron chi connectivity index (χ2n) is 5.29. The van der Waals surface area contributed by atoms with E-state index in [1.807, 2.05) is 0 Å². The maximum absolute atomic E-state index is 12.6. The van der Waals surface area contributed by atoms with Crippen LogP contribution in [0.2, 0.25) is 5.02 Å². The van der Waals surface area contributed by atoms with Gasteiger partial charge in [-0.25, -0.2) is 4.98 Å². The van der Waals surface area contributed by atoms with Crippen molar-refractivity contribution in [2.45, 2.75) is 13.0 Å². The molecule has 0 fully saturated rings. The Morgan fingerprint density at radius 2 is 2.05 bits per heavy atom. The Morgan fingerprint density at radius 3 is 2.73 bits per heavy atom. The van der Waals surface area contributed by atoms with E-state index in [1.165, 1.54) is 29.0 Å². The fraction of sp³-hybridized carbons (Fsp3) is 0.385. The van der Waals surface area contributed by atoms with Gasteiger partial charge < -0.3 is 0 Å². The van der Waals surface area contributed by atoms with Crippen LogP contribution >= 0.6 is 11.6 Å². The summed E-state index contributed by atoms with van der Waals surface area (Å²) in [5.41, 5.74) is 1.28. The van der Waals surface area contributed by atoms with Gasteiger partial charge in [-0.3, -0.25) is 9.20 Å². The van der Waals surface area contributed by atoms with Crippen LogP contribution in [0, 0.1) is 0 Å². The van der Waals surface area contributed by atoms with Gasteiger partial charge in [0.15, 0.2) is 0 Å². The Labute approximate surface area is 132 Å². The molecule has 2 aromatic rings. The van der Waals surface area contributed by atoms with Gasteiger partial charge in [-0.05, 0) is 12.1 Å². The second-order valence-corrected chi connectivity index (χ2v) is 7.87. The number of halogens is 1. The minimum atomic E-state index is -3.56. The highest BCUT2D eigenvalue weighted by Crippen LogP contribution is 2.19. The Morgan fingerprint density at radius 1 is 1.32 bits per heavy atom. The van der Waals surface area contributed by atoms with Crippen molar-refractivity contribution in [2.24, 2.45) is 0 Å². The summed E-state index contributed by atoms with van der Waals surface area (Å²) in [6.07, 6.45) is 1.91. The van der Waals surface area contributed by atoms with Crippen molar-refractivity contribution >= 4 is 27.5 Å². The molecule has 0 radical (unpaired) electrons. The molecule has 7 nitrogen and oxygen atoms in total. The lowest BCUT2D eigenvalue weighted by Crippen LogP contribution is -2.45. The molecule has 0 spiro atoms. The number of nitrogens with zero attached hydrogens (tertiary/aromatic N) is 4. The van der Waals surface area contributed by atoms with Gasteiger partial charge in [-0.1, -0.05) is 11.6 Å². The number of hydrogen-bond acceptors (Lipinski definition) is 4. The minimum Gasteiger partial charge on any atom is -0.269 e. The highest BCUT2D eigenvalue weighted by Gasteiger charge is 2.30. The van der Waals surface area contributed by atoms with Crippen molar-refractivity contribution < 1.29 is 8.42 Å². The zero-order chi connectivity index (χ0) is 16.1. The second kappa shape index (κ2) is 5.31. The molecule has 0 saturated carbocycles. The molecular formula is C13H15ClN4O3S. The molecule has 0 aliphatic carbocycles. The molecular weight excluding hydrogens is 328 g/mol. The van der Waals surface area contributed by atoms with Gasteiger partial charge in [0.2, 0.25) is 0 Å². The molecule has 0 amide bonds. The summed E-state index contributed by atoms with van der Waals surface area (Å²) in [5.74, 6) is 0. The Bertz CT molecular complexity index is 907. The SMILES string of the molecule is CN(C)S(=O)(=O)N1CCc2nc3ccc(Cl)cn3c(=O)c2C1. The monoisotopic (exact) mass is 342 g/mol. The third kappa shape index (κ3) is 2.41. The predicted octanol–water partition coefficient (Wildman–Crippen LogP) is 0.512. The number of hydrogen-bond donors (Lipinski definition) is 0. The molecule has 0 atom stereocenters. The van der Waals surface area contributed by atoms with Gasteiger partial charge >= 0.3 is 0 Å². The van der Waals surface area contributed by atoms with Crippen molar-refractivity contribution in [3.05, 3.63) is 45.0 Å². The highest BCUT2D eigenvalue weighted by atomic mass is 35.5. The zero-order valence-electron chi connectivity index (χ0n) is 12.2. The molecule has 22 heavy (non-hydrogen) atoms. The van der Waals surface area contributed by atoms with Gasteiger partial charge in [0.05, 0.1) is 16.3 Å². The number of fused-ring (bicyclic) bond motifs is 2. The topological polar surface area (TPSA) is 75.0 Å². The molecule has 0 aromatic carbocycles. The van der Waals surface area contributed by atoms with Crippen LogP contribution in [0.25, 0.3) is 5.65 Å². The summed E-state index contributed by atoms with van der Waals surface area (Å²) in [7, 11) is -0.619. The average Bonchev–Trinajstić information content (AvgIpc) is 2.48. The van der Waals surface area contributed by atoms with Gasteiger partial charge in [0.1, 0.15) is 5.65 Å². The molecule has 1 aliphatic heterocycles. The summed E-state index contributed by atoms with van der Waals surface area (Å²) in [4.78, 5) is 17.0. The van der Waals surface area contributed by atoms with Gasteiger partial charge in [0, 0.05) is 39.8 Å². The van der Waals surface area contributed by atoms with E-state index in [-0.39, 0.29) is 12.1 Å². The first-order valence-electron chi connectivity index (χ1n) is 6.68. The average molecular weight is 343 g/mol. The number of aromatic nitrogens is 2. The van der Waals surface area contributed by atoms with Crippen molar-refractivity contribution in [1.82, 2.24) is 18.0 Å². The smallest absolute Gasteiger partial charge is 0.269 e. The van der Waals surface area contributed by atoms with E-state index in [0.29, 0.717) is 34.9 Å². The molecule has 3 heterocycles. The summed E-state index contributed by atoms with van der Waals surface area (Å²) >= 11 is 5.92. The van der Waals surface area contributed by atoms with E-state index in [0.717, 1.165) is 4.31 Å². The highest BCUT2D eigenvalue weighted by molar-refractivity contribution is 7.86. The standard InChI is InChI=1S/C13H15ClN4O3S/c1-16(2)22(20,21)17-6-5-11-10(8-17)13(19)18-7-9(14)3-4-12(18)15-11/h3-4,7H,5-6,8H2,1-2H3. The maximum atomic E-state index is 12.6. The summed E-state index contributed by atoms with van der Waals surface area (Å²) in [6, 6.07) is 3.34. The van der Waals surface area contributed by atoms with Crippen LogP contribution in [0.15, 0.2) is 23.1 Å². The van der Waals surface area contributed by atoms with E-state index in [1.54, 1.807) is 12.1 Å². The van der Waals surface area contributed by atoms with E-state index in [2.05, 4.69) is 4.98 Å².